The first-order valence-corrected chi connectivity index (χ1v) is 0.730. The molecule has 0 spiro atoms. The van der Waals surface area contributed by atoms with Gasteiger partial charge in [-0.2, -0.15) is 0 Å². The van der Waals surface area contributed by atoms with Gasteiger partial charge in [0.1, 0.15) is 0 Å². The van der Waals surface area contributed by atoms with Gasteiger partial charge in [0.2, 0.25) is 10.7 Å². The van der Waals surface area contributed by atoms with Crippen molar-refractivity contribution in [3.8, 4) is 0 Å². The molecule has 0 saturated heterocycles. The van der Waals surface area contributed by atoms with Gasteiger partial charge >= 0.3 is 0 Å². The first-order valence-electron chi connectivity index (χ1n) is 0.730. The maximum atomic E-state index is 8.00. The molecule has 0 aromatic heterocycles. The Morgan fingerprint density at radius 3 is 0.727 bits per heavy atom. The van der Waals surface area contributed by atoms with Gasteiger partial charge in [-0.15, -0.1) is 20.2 Å². The van der Waals surface area contributed by atoms with E-state index in [1.165, 1.54) is 0 Å². The van der Waals surface area contributed by atoms with Gasteiger partial charge < -0.3 is 37.1 Å². The van der Waals surface area contributed by atoms with Crippen LogP contribution in [0.5, 0.6) is 0 Å². The van der Waals surface area contributed by atoms with E-state index in [9.17, 15) is 0 Å². The molecule has 8 nitrogen and oxygen atoms in total. The van der Waals surface area contributed by atoms with Gasteiger partial charge in [-0.25, -0.2) is 0 Å². The number of halogens is 2. The van der Waals surface area contributed by atoms with Crippen molar-refractivity contribution >= 4 is 0 Å². The molecule has 76 valence electrons. The molecule has 0 aliphatic heterocycles. The van der Waals surface area contributed by atoms with E-state index in [-0.39, 0.29) is 57.5 Å². The van der Waals surface area contributed by atoms with E-state index < -0.39 is 0 Å². The number of rotatable bonds is 0. The Bertz CT molecular complexity index is 41.1. The van der Waals surface area contributed by atoms with Gasteiger partial charge in [0.25, 0.3) is 0 Å². The molecule has 0 saturated carbocycles. The first-order chi connectivity index (χ1) is 2.83. The largest absolute Gasteiger partial charge is 1.00 e. The Hall–Kier alpha value is -0.0377. The van der Waals surface area contributed by atoms with E-state index in [4.69, 9.17) is 20.2 Å². The molecule has 0 rings (SSSR count). The Balaban J connectivity index is -0.00000000400. The zero-order chi connectivity index (χ0) is 5.41. The molecule has 0 aliphatic rings. The summed E-state index contributed by atoms with van der Waals surface area (Å²) in [5.41, 5.74) is 0. The van der Waals surface area contributed by atoms with Crippen molar-refractivity contribution in [3.63, 3.8) is 0 Å². The zero-order valence-corrected chi connectivity index (χ0v) is 8.08. The molecule has 2 radical (unpaired) electrons. The summed E-state index contributed by atoms with van der Waals surface area (Å²) in [5.74, 6) is 0. The Morgan fingerprint density at radius 2 is 0.727 bits per heavy atom. The van der Waals surface area contributed by atoms with Crippen LogP contribution in [-0.4, -0.2) is 0 Å². The standard InChI is InChI=1S/2ClH.2NO2.2H3N.Pd/c;;2*2-1-3;;;/h2*1H;;;2*1H3;/p-2. The van der Waals surface area contributed by atoms with Crippen LogP contribution in [0, 0.1) is 9.81 Å². The summed E-state index contributed by atoms with van der Waals surface area (Å²) in [6, 6.07) is 0. The van der Waals surface area contributed by atoms with E-state index >= 15 is 0 Å². The monoisotopic (exact) mass is 302 g/mol. The maximum absolute atomic E-state index is 8.00. The third-order valence-corrected chi connectivity index (χ3v) is 0. The fourth-order valence-electron chi connectivity index (χ4n) is 0. The third-order valence-electron chi connectivity index (χ3n) is 0. The second kappa shape index (κ2) is 208. The molecular weight excluding hydrogens is 297 g/mol. The SMILES string of the molecule is N.N.[Cl-].[Cl-].[O]N=O.[O]N=O.[Pd]. The average molecular weight is 303 g/mol. The predicted molar refractivity (Wildman–Crippen MR) is 23.0 cm³/mol. The van der Waals surface area contributed by atoms with Crippen LogP contribution in [0.2, 0.25) is 0 Å². The molecule has 0 aromatic carbocycles. The van der Waals surface area contributed by atoms with Crippen molar-refractivity contribution in [2.24, 2.45) is 10.7 Å². The van der Waals surface area contributed by atoms with Crippen LogP contribution in [0.3, 0.4) is 0 Å². The van der Waals surface area contributed by atoms with Crippen molar-refractivity contribution in [1.82, 2.24) is 12.3 Å². The van der Waals surface area contributed by atoms with Crippen molar-refractivity contribution in [2.45, 2.75) is 0 Å². The minimum atomic E-state index is 0. The van der Waals surface area contributed by atoms with Crippen molar-refractivity contribution in [2.75, 3.05) is 0 Å². The minimum Gasteiger partial charge on any atom is -1.00 e. The molecule has 0 heterocycles. The van der Waals surface area contributed by atoms with Gasteiger partial charge in [-0.1, -0.05) is 0 Å². The van der Waals surface area contributed by atoms with E-state index in [0.29, 0.717) is 0 Å². The van der Waals surface area contributed by atoms with Crippen molar-refractivity contribution in [3.05, 3.63) is 9.81 Å². The summed E-state index contributed by atoms with van der Waals surface area (Å²) < 4.78 is 0. The molecular formula is H6Cl2N4O4Pd-2. The average Bonchev–Trinajstić information content (AvgIpc) is 1.39. The predicted octanol–water partition coefficient (Wildman–Crippen LogP) is -5.47. The van der Waals surface area contributed by atoms with Gasteiger partial charge in [0.05, 0.1) is 0 Å². The molecule has 6 N–H and O–H groups in total. The molecule has 0 aromatic rings. The molecule has 0 amide bonds. The third kappa shape index (κ3) is 445000. The van der Waals surface area contributed by atoms with Crippen molar-refractivity contribution in [1.29, 1.82) is 0 Å². The van der Waals surface area contributed by atoms with E-state index in [1.54, 1.807) is 0 Å². The van der Waals surface area contributed by atoms with Gasteiger partial charge in [0.15, 0.2) is 0 Å². The van der Waals surface area contributed by atoms with E-state index in [0.717, 1.165) is 10.7 Å². The van der Waals surface area contributed by atoms with Crippen LogP contribution < -0.4 is 37.1 Å². The number of hydrogen-bond acceptors (Lipinski definition) is 6. The Kier molecular flexibility index (Phi) is 1310. The molecule has 0 aliphatic carbocycles. The minimum absolute atomic E-state index is 0. The quantitative estimate of drug-likeness (QED) is 0.259. The van der Waals surface area contributed by atoms with Crippen LogP contribution >= 0.6 is 0 Å². The number of nitrogens with zero attached hydrogens (tertiary/aromatic N) is 2. The molecule has 0 bridgehead atoms. The van der Waals surface area contributed by atoms with Crippen LogP contribution in [0.25, 0.3) is 0 Å². The molecule has 11 heteroatoms. The molecule has 0 fully saturated rings. The van der Waals surface area contributed by atoms with Crippen molar-refractivity contribution < 1.29 is 55.7 Å². The topological polar surface area (TPSA) is 169 Å². The summed E-state index contributed by atoms with van der Waals surface area (Å²) in [6.45, 7) is 0. The van der Waals surface area contributed by atoms with Crippen LogP contribution in [0.15, 0.2) is 10.7 Å². The summed E-state index contributed by atoms with van der Waals surface area (Å²) in [7, 11) is 0. The Labute approximate surface area is 88.6 Å². The molecule has 0 unspecified atom stereocenters. The molecule has 0 atom stereocenters. The van der Waals surface area contributed by atoms with Gasteiger partial charge in [-0.3, -0.25) is 0 Å². The second-order valence-electron chi connectivity index (χ2n) is 0.149. The Morgan fingerprint density at radius 1 is 0.727 bits per heavy atom. The summed E-state index contributed by atoms with van der Waals surface area (Å²) in [4.78, 5) is 16.0. The smallest absolute Gasteiger partial charge is 0.204 e. The normalized spacial score (nSPS) is 2.18. The molecule has 11 heavy (non-hydrogen) atoms. The van der Waals surface area contributed by atoms with E-state index in [2.05, 4.69) is 0 Å². The maximum Gasteiger partial charge on any atom is 0.204 e. The van der Waals surface area contributed by atoms with Crippen LogP contribution in [0.1, 0.15) is 0 Å². The second-order valence-corrected chi connectivity index (χ2v) is 0.149. The fraction of sp³-hybridized carbons (Fsp3) is 0. The summed E-state index contributed by atoms with van der Waals surface area (Å²) >= 11 is 0. The van der Waals surface area contributed by atoms with Gasteiger partial charge in [-0.05, 0) is 0 Å². The summed E-state index contributed by atoms with van der Waals surface area (Å²) in [5, 5.41) is 18.0. The van der Waals surface area contributed by atoms with Gasteiger partial charge in [0, 0.05) is 20.4 Å². The van der Waals surface area contributed by atoms with Crippen LogP contribution in [-0.2, 0) is 30.8 Å². The first kappa shape index (κ1) is 69.3. The van der Waals surface area contributed by atoms with E-state index in [1.807, 2.05) is 0 Å². The number of hydrogen-bond donors (Lipinski definition) is 2. The summed E-state index contributed by atoms with van der Waals surface area (Å²) in [6.07, 6.45) is 0. The van der Waals surface area contributed by atoms with Crippen LogP contribution in [0.4, 0.5) is 0 Å². The zero-order valence-electron chi connectivity index (χ0n) is 5.01. The fourth-order valence-corrected chi connectivity index (χ4v) is 0.